The molecule has 69 heavy (non-hydrogen) atoms. The number of nitrogens with zero attached hydrogens (tertiary/aromatic N) is 2. The highest BCUT2D eigenvalue weighted by atomic mass is 32.2. The van der Waals surface area contributed by atoms with Gasteiger partial charge >= 0.3 is 35.8 Å². The molecule has 0 saturated heterocycles. The summed E-state index contributed by atoms with van der Waals surface area (Å²) >= 11 is 2.37. The molecule has 5 aliphatic rings. The molecule has 4 aliphatic carbocycles. The zero-order chi connectivity index (χ0) is 49.3. The van der Waals surface area contributed by atoms with E-state index in [0.29, 0.717) is 119 Å². The average Bonchev–Trinajstić information content (AvgIpc) is 3.82. The van der Waals surface area contributed by atoms with Gasteiger partial charge in [-0.2, -0.15) is 10.5 Å². The van der Waals surface area contributed by atoms with Gasteiger partial charge in [-0.05, 0) is 171 Å². The number of esters is 6. The second-order valence-electron chi connectivity index (χ2n) is 19.1. The molecule has 0 spiro atoms. The molecule has 1 aliphatic heterocycles. The first-order valence-electron chi connectivity index (χ1n) is 24.9. The quantitative estimate of drug-likeness (QED) is 0.0297. The Morgan fingerprint density at radius 3 is 1.26 bits per heavy atom. The fourth-order valence-electron chi connectivity index (χ4n) is 10.7. The molecular formula is C53H66N2O12S2. The van der Waals surface area contributed by atoms with Crippen molar-refractivity contribution in [3.8, 4) is 23.6 Å². The third kappa shape index (κ3) is 15.0. The number of nitriles is 2. The van der Waals surface area contributed by atoms with Gasteiger partial charge in [0.1, 0.15) is 29.2 Å². The Balaban J connectivity index is 0.953. The number of fused-ring (bicyclic) bond motifs is 1. The molecule has 14 nitrogen and oxygen atoms in total. The van der Waals surface area contributed by atoms with Gasteiger partial charge in [0.05, 0.1) is 64.1 Å². The van der Waals surface area contributed by atoms with Crippen LogP contribution in [0.4, 0.5) is 0 Å². The monoisotopic (exact) mass is 986 g/mol. The van der Waals surface area contributed by atoms with Gasteiger partial charge in [0.25, 0.3) is 0 Å². The zero-order valence-electron chi connectivity index (χ0n) is 39.8. The van der Waals surface area contributed by atoms with Crippen LogP contribution in [0.15, 0.2) is 51.0 Å². The highest BCUT2D eigenvalue weighted by molar-refractivity contribution is 8.24. The summed E-state index contributed by atoms with van der Waals surface area (Å²) in [4.78, 5) is 76.5. The summed E-state index contributed by atoms with van der Waals surface area (Å²) in [6, 6.07) is 5.65. The van der Waals surface area contributed by atoms with E-state index in [0.717, 1.165) is 89.2 Å². The number of thioether (sulfide) groups is 2. The number of carbonyl (C=O) groups excluding carboxylic acids is 6. The van der Waals surface area contributed by atoms with Crippen molar-refractivity contribution in [2.24, 2.45) is 47.3 Å². The lowest BCUT2D eigenvalue weighted by Crippen LogP contribution is -2.32. The van der Waals surface area contributed by atoms with E-state index in [9.17, 15) is 39.3 Å². The van der Waals surface area contributed by atoms with Crippen molar-refractivity contribution in [3.63, 3.8) is 0 Å². The molecule has 1 heterocycles. The van der Waals surface area contributed by atoms with Gasteiger partial charge in [-0.25, -0.2) is 9.59 Å². The number of rotatable bonds is 20. The normalized spacial score (nSPS) is 25.3. The number of hydrogen-bond acceptors (Lipinski definition) is 16. The molecule has 0 unspecified atom stereocenters. The van der Waals surface area contributed by atoms with Crippen LogP contribution in [0.2, 0.25) is 0 Å². The fraction of sp³-hybridized carbons (Fsp3) is 0.623. The lowest BCUT2D eigenvalue weighted by molar-refractivity contribution is -0.151. The first kappa shape index (κ1) is 53.3. The summed E-state index contributed by atoms with van der Waals surface area (Å²) in [6.07, 6.45) is 18.0. The zero-order valence-corrected chi connectivity index (χ0v) is 41.5. The van der Waals surface area contributed by atoms with Crippen LogP contribution in [0, 0.1) is 76.9 Å². The Hall–Kier alpha value is -5.06. The number of hydrogen-bond donors (Lipinski definition) is 0. The Kier molecular flexibility index (Phi) is 20.7. The summed E-state index contributed by atoms with van der Waals surface area (Å²) in [5.41, 5.74) is 0.547. The highest BCUT2D eigenvalue weighted by Crippen LogP contribution is 2.60. The molecule has 1 aromatic rings. The van der Waals surface area contributed by atoms with Gasteiger partial charge in [0.15, 0.2) is 0 Å². The van der Waals surface area contributed by atoms with Gasteiger partial charge in [-0.15, -0.1) is 0 Å². The second-order valence-corrected chi connectivity index (χ2v) is 21.4. The highest BCUT2D eigenvalue weighted by Gasteiger charge is 2.39. The van der Waals surface area contributed by atoms with Crippen molar-refractivity contribution in [2.75, 3.05) is 26.4 Å². The van der Waals surface area contributed by atoms with Crippen LogP contribution in [0.3, 0.4) is 0 Å². The van der Waals surface area contributed by atoms with Crippen LogP contribution in [0.25, 0.3) is 0 Å². The van der Waals surface area contributed by atoms with Crippen LogP contribution in [-0.4, -0.2) is 62.2 Å². The SMILES string of the molecule is C=CC(=O)OCCCCOC(=O)C1CCC(C2CCC(C(=O)Oc3cc(C)c(OC(=O)C4CCC(C5CCC(C(=O)OCCCCOC(=O)C=C)CC5)CC4)c4c3SC(=C(C#N)C#N)S4)CC2)CC1. The first-order chi connectivity index (χ1) is 33.4. The Morgan fingerprint density at radius 2 is 0.884 bits per heavy atom. The molecule has 0 atom stereocenters. The largest absolute Gasteiger partial charge is 0.465 e. The predicted octanol–water partition coefficient (Wildman–Crippen LogP) is 10.6. The minimum Gasteiger partial charge on any atom is -0.465 e. The average molecular weight is 987 g/mol. The number of carbonyl (C=O) groups is 6. The van der Waals surface area contributed by atoms with E-state index in [1.807, 2.05) is 19.1 Å². The standard InChI is InChI=1S/C53H66N2O12S2/c1-4-44(56)62-26-6-8-28-64-49(58)38-18-10-34(11-19-38)36-14-22-40(23-15-36)51(60)66-43-30-33(3)46(48-47(43)68-53(69-48)42(31-54)32-55)67-52(61)41-24-16-37(17-25-41)35-12-20-39(21-13-35)50(59)65-29-9-7-27-63-45(57)5-2/h4-5,30,34-41H,1-2,6-29H2,3H3. The van der Waals surface area contributed by atoms with E-state index in [2.05, 4.69) is 13.2 Å². The fourth-order valence-corrected chi connectivity index (χ4v) is 13.2. The molecular weight excluding hydrogens is 921 g/mol. The van der Waals surface area contributed by atoms with Crippen LogP contribution in [-0.2, 0) is 47.7 Å². The van der Waals surface area contributed by atoms with E-state index in [-0.39, 0.29) is 66.3 Å². The minimum absolute atomic E-state index is 0.0664. The van der Waals surface area contributed by atoms with Gasteiger partial charge in [0, 0.05) is 12.2 Å². The summed E-state index contributed by atoms with van der Waals surface area (Å²) in [5, 5.41) is 19.5. The summed E-state index contributed by atoms with van der Waals surface area (Å²) in [7, 11) is 0. The molecule has 6 rings (SSSR count). The third-order valence-corrected chi connectivity index (χ3v) is 17.3. The molecule has 4 fully saturated rings. The topological polar surface area (TPSA) is 205 Å². The summed E-state index contributed by atoms with van der Waals surface area (Å²) in [6.45, 7) is 9.70. The van der Waals surface area contributed by atoms with Crippen LogP contribution in [0.1, 0.15) is 134 Å². The van der Waals surface area contributed by atoms with Gasteiger partial charge < -0.3 is 28.4 Å². The van der Waals surface area contributed by atoms with Crippen molar-refractivity contribution in [3.05, 3.63) is 46.8 Å². The molecule has 0 radical (unpaired) electrons. The third-order valence-electron chi connectivity index (χ3n) is 14.7. The van der Waals surface area contributed by atoms with Crippen molar-refractivity contribution in [2.45, 2.75) is 145 Å². The summed E-state index contributed by atoms with van der Waals surface area (Å²) < 4.78 is 33.7. The van der Waals surface area contributed by atoms with Gasteiger partial charge in [-0.1, -0.05) is 36.7 Å². The van der Waals surface area contributed by atoms with E-state index in [4.69, 9.17) is 28.4 Å². The van der Waals surface area contributed by atoms with Crippen molar-refractivity contribution < 1.29 is 57.2 Å². The maximum atomic E-state index is 13.8. The molecule has 16 heteroatoms. The maximum Gasteiger partial charge on any atom is 0.330 e. The smallest absolute Gasteiger partial charge is 0.330 e. The summed E-state index contributed by atoms with van der Waals surface area (Å²) in [5.74, 6) is -0.0475. The Labute approximate surface area is 414 Å². The first-order valence-corrected chi connectivity index (χ1v) is 26.5. The molecule has 4 saturated carbocycles. The van der Waals surface area contributed by atoms with Crippen LogP contribution >= 0.6 is 23.5 Å². The second kappa shape index (κ2) is 26.8. The Morgan fingerprint density at radius 1 is 0.536 bits per heavy atom. The number of ether oxygens (including phenoxy) is 6. The van der Waals surface area contributed by atoms with E-state index in [1.165, 1.54) is 23.5 Å². The van der Waals surface area contributed by atoms with E-state index in [1.54, 1.807) is 6.07 Å². The van der Waals surface area contributed by atoms with Crippen LogP contribution < -0.4 is 9.47 Å². The van der Waals surface area contributed by atoms with Crippen molar-refractivity contribution in [1.29, 1.82) is 10.5 Å². The number of unbranched alkanes of at least 4 members (excludes halogenated alkanes) is 2. The van der Waals surface area contributed by atoms with E-state index >= 15 is 0 Å². The van der Waals surface area contributed by atoms with Crippen LogP contribution in [0.5, 0.6) is 11.5 Å². The number of allylic oxidation sites excluding steroid dienone is 1. The predicted molar refractivity (Wildman–Crippen MR) is 257 cm³/mol. The van der Waals surface area contributed by atoms with Gasteiger partial charge in [-0.3, -0.25) is 19.2 Å². The maximum absolute atomic E-state index is 13.8. The van der Waals surface area contributed by atoms with Gasteiger partial charge in [0.2, 0.25) is 0 Å². The van der Waals surface area contributed by atoms with Crippen molar-refractivity contribution in [1.82, 2.24) is 0 Å². The van der Waals surface area contributed by atoms with E-state index < -0.39 is 11.9 Å². The van der Waals surface area contributed by atoms with Crippen molar-refractivity contribution >= 4 is 59.3 Å². The molecule has 0 amide bonds. The lowest BCUT2D eigenvalue weighted by atomic mass is 9.69. The molecule has 0 bridgehead atoms. The molecule has 372 valence electrons. The number of benzene rings is 1. The Bertz CT molecular complexity index is 2150. The number of aryl methyl sites for hydroxylation is 1. The minimum atomic E-state index is -0.461. The molecule has 0 N–H and O–H groups in total. The molecule has 0 aromatic heterocycles. The lowest BCUT2D eigenvalue weighted by Gasteiger charge is -2.37. The molecule has 1 aromatic carbocycles.